The Morgan fingerprint density at radius 3 is 2.63 bits per heavy atom. The summed E-state index contributed by atoms with van der Waals surface area (Å²) in [6, 6.07) is 5.18. The van der Waals surface area contributed by atoms with Crippen molar-refractivity contribution in [2.24, 2.45) is 0 Å². The molecule has 0 saturated heterocycles. The molecule has 6 heteroatoms. The van der Waals surface area contributed by atoms with Gasteiger partial charge in [-0.15, -0.1) is 0 Å². The van der Waals surface area contributed by atoms with Crippen molar-refractivity contribution >= 4 is 23.3 Å². The molecule has 0 radical (unpaired) electrons. The van der Waals surface area contributed by atoms with E-state index in [1.165, 1.54) is 13.2 Å². The Bertz CT molecular complexity index is 779. The van der Waals surface area contributed by atoms with Crippen molar-refractivity contribution in [2.75, 3.05) is 24.8 Å². The second-order valence-electron chi connectivity index (χ2n) is 5.39. The van der Waals surface area contributed by atoms with Gasteiger partial charge in [-0.2, -0.15) is 0 Å². The van der Waals surface area contributed by atoms with Gasteiger partial charge in [0.25, 0.3) is 5.91 Å². The number of hydrogen-bond donors (Lipinski definition) is 2. The van der Waals surface area contributed by atoms with Crippen molar-refractivity contribution in [2.45, 2.75) is 20.4 Å². The molecule has 1 aliphatic rings. The zero-order chi connectivity index (χ0) is 20.4. The lowest BCUT2D eigenvalue weighted by molar-refractivity contribution is -0.112. The molecule has 27 heavy (non-hydrogen) atoms. The van der Waals surface area contributed by atoms with Crippen LogP contribution in [0.3, 0.4) is 0 Å². The normalized spacial score (nSPS) is 13.5. The Hall–Kier alpha value is -3.28. The van der Waals surface area contributed by atoms with E-state index in [0.29, 0.717) is 23.6 Å². The van der Waals surface area contributed by atoms with Crippen LogP contribution in [0.5, 0.6) is 0 Å². The minimum atomic E-state index is -0.331. The first-order valence-corrected chi connectivity index (χ1v) is 8.66. The van der Waals surface area contributed by atoms with Crippen molar-refractivity contribution in [3.05, 3.63) is 72.6 Å². The van der Waals surface area contributed by atoms with Gasteiger partial charge in [-0.3, -0.25) is 4.79 Å². The van der Waals surface area contributed by atoms with Crippen LogP contribution >= 0.6 is 0 Å². The Kier molecular flexibility index (Phi) is 8.59. The highest BCUT2D eigenvalue weighted by molar-refractivity contribution is 6.06. The van der Waals surface area contributed by atoms with Crippen molar-refractivity contribution in [1.82, 2.24) is 4.90 Å². The van der Waals surface area contributed by atoms with E-state index in [-0.39, 0.29) is 11.9 Å². The van der Waals surface area contributed by atoms with Crippen LogP contribution in [0.4, 0.5) is 16.2 Å². The first-order valence-electron chi connectivity index (χ1n) is 8.66. The van der Waals surface area contributed by atoms with E-state index < -0.39 is 0 Å². The molecule has 0 aromatic heterocycles. The molecular weight excluding hydrogens is 342 g/mol. The average Bonchev–Trinajstić information content (AvgIpc) is 2.67. The smallest absolute Gasteiger partial charge is 0.321 e. The Morgan fingerprint density at radius 1 is 1.33 bits per heavy atom. The topological polar surface area (TPSA) is 70.7 Å². The number of benzene rings is 1. The fraction of sp³-hybridized carbons (Fsp3) is 0.238. The van der Waals surface area contributed by atoms with Crippen molar-refractivity contribution in [3.8, 4) is 0 Å². The second-order valence-corrected chi connectivity index (χ2v) is 5.39. The molecule has 1 aromatic carbocycles. The number of rotatable bonds is 6. The van der Waals surface area contributed by atoms with Gasteiger partial charge < -0.3 is 20.3 Å². The minimum absolute atomic E-state index is 0.153. The molecule has 2 rings (SSSR count). The lowest BCUT2D eigenvalue weighted by atomic mass is 10.1. The molecule has 0 bridgehead atoms. The molecule has 6 nitrogen and oxygen atoms in total. The maximum absolute atomic E-state index is 12.6. The van der Waals surface area contributed by atoms with Crippen LogP contribution in [0.2, 0.25) is 0 Å². The standard InChI is InChI=1S/C19H21N3O3.C2H6/c1-5-7-8-15(17(6-2)25-4)18(23)20-14-9-10-16-13(11-14)12-22(3)19(24)21-16;1-2/h5-11H,1-2,12H2,3-4H3,(H,20,23)(H,21,24);1-2H3/b8-7-,17-15-;. The van der Waals surface area contributed by atoms with Gasteiger partial charge in [-0.25, -0.2) is 4.79 Å². The highest BCUT2D eigenvalue weighted by atomic mass is 16.5. The molecule has 0 fully saturated rings. The van der Waals surface area contributed by atoms with E-state index in [2.05, 4.69) is 23.8 Å². The first-order chi connectivity index (χ1) is 13.0. The number of ether oxygens (including phenoxy) is 1. The number of urea groups is 1. The maximum Gasteiger partial charge on any atom is 0.321 e. The van der Waals surface area contributed by atoms with Crippen LogP contribution in [0.25, 0.3) is 0 Å². The van der Waals surface area contributed by atoms with Crippen molar-refractivity contribution in [1.29, 1.82) is 0 Å². The van der Waals surface area contributed by atoms with Gasteiger partial charge in [0.15, 0.2) is 0 Å². The molecule has 0 atom stereocenters. The van der Waals surface area contributed by atoms with Crippen molar-refractivity contribution < 1.29 is 14.3 Å². The number of nitrogens with zero attached hydrogens (tertiary/aromatic N) is 1. The molecular formula is C21H27N3O3. The number of hydrogen-bond acceptors (Lipinski definition) is 3. The summed E-state index contributed by atoms with van der Waals surface area (Å²) >= 11 is 0. The lowest BCUT2D eigenvalue weighted by Crippen LogP contribution is -2.35. The Morgan fingerprint density at radius 2 is 2.04 bits per heavy atom. The third kappa shape index (κ3) is 5.60. The van der Waals surface area contributed by atoms with Gasteiger partial charge in [-0.05, 0) is 35.9 Å². The minimum Gasteiger partial charge on any atom is -0.496 e. The molecule has 3 amide bonds. The fourth-order valence-electron chi connectivity index (χ4n) is 2.40. The van der Waals surface area contributed by atoms with E-state index in [0.717, 1.165) is 11.3 Å². The molecule has 1 aromatic rings. The largest absolute Gasteiger partial charge is 0.496 e. The van der Waals surface area contributed by atoms with Crippen LogP contribution < -0.4 is 10.6 Å². The summed E-state index contributed by atoms with van der Waals surface area (Å²) in [5.41, 5.74) is 2.62. The highest BCUT2D eigenvalue weighted by Gasteiger charge is 2.20. The first kappa shape index (κ1) is 21.8. The quantitative estimate of drug-likeness (QED) is 0.442. The summed E-state index contributed by atoms with van der Waals surface area (Å²) in [4.78, 5) is 25.8. The van der Waals surface area contributed by atoms with Crippen LogP contribution in [0.15, 0.2) is 67.0 Å². The molecule has 1 heterocycles. The molecule has 1 aliphatic heterocycles. The van der Waals surface area contributed by atoms with E-state index in [1.54, 1.807) is 42.3 Å². The predicted molar refractivity (Wildman–Crippen MR) is 110 cm³/mol. The zero-order valence-corrected chi connectivity index (χ0v) is 16.3. The summed E-state index contributed by atoms with van der Waals surface area (Å²) in [6.07, 6.45) is 6.30. The highest BCUT2D eigenvalue weighted by Crippen LogP contribution is 2.26. The van der Waals surface area contributed by atoms with E-state index in [1.807, 2.05) is 19.9 Å². The average molecular weight is 369 g/mol. The van der Waals surface area contributed by atoms with Gasteiger partial charge >= 0.3 is 6.03 Å². The zero-order valence-electron chi connectivity index (χ0n) is 16.3. The van der Waals surface area contributed by atoms with Gasteiger partial charge in [0.05, 0.1) is 12.7 Å². The number of anilines is 2. The number of methoxy groups -OCH3 is 1. The summed E-state index contributed by atoms with van der Waals surface area (Å²) in [5, 5.41) is 5.62. The van der Waals surface area contributed by atoms with Gasteiger partial charge in [0.2, 0.25) is 0 Å². The SMILES string of the molecule is C=C/C=C\C(C(=O)Nc1ccc2c(c1)CN(C)C(=O)N2)=C(/C=C)OC.CC. The van der Waals surface area contributed by atoms with Crippen molar-refractivity contribution in [3.63, 3.8) is 0 Å². The number of fused-ring (bicyclic) bond motifs is 1. The molecule has 0 spiro atoms. The monoisotopic (exact) mass is 369 g/mol. The fourth-order valence-corrected chi connectivity index (χ4v) is 2.40. The Labute approximate surface area is 160 Å². The second kappa shape index (κ2) is 10.7. The Balaban J connectivity index is 0.00000176. The van der Waals surface area contributed by atoms with Gasteiger partial charge in [0.1, 0.15) is 5.76 Å². The van der Waals surface area contributed by atoms with Crippen LogP contribution in [-0.2, 0) is 16.1 Å². The van der Waals surface area contributed by atoms with E-state index in [4.69, 9.17) is 4.74 Å². The van der Waals surface area contributed by atoms with E-state index >= 15 is 0 Å². The number of allylic oxidation sites excluding steroid dienone is 3. The summed E-state index contributed by atoms with van der Waals surface area (Å²) in [7, 11) is 3.18. The summed E-state index contributed by atoms with van der Waals surface area (Å²) in [5.74, 6) is 0.0311. The van der Waals surface area contributed by atoms with E-state index in [9.17, 15) is 9.59 Å². The summed E-state index contributed by atoms with van der Waals surface area (Å²) in [6.45, 7) is 11.7. The number of carbonyl (C=O) groups is 2. The third-order valence-electron chi connectivity index (χ3n) is 3.67. The van der Waals surface area contributed by atoms with Gasteiger partial charge in [0, 0.05) is 25.0 Å². The van der Waals surface area contributed by atoms with Gasteiger partial charge in [-0.1, -0.05) is 39.2 Å². The molecule has 0 aliphatic carbocycles. The molecule has 0 unspecified atom stereocenters. The molecule has 2 N–H and O–H groups in total. The third-order valence-corrected chi connectivity index (χ3v) is 3.67. The summed E-state index contributed by atoms with van der Waals surface area (Å²) < 4.78 is 5.19. The number of nitrogens with one attached hydrogen (secondary N) is 2. The van der Waals surface area contributed by atoms with Crippen LogP contribution in [0, 0.1) is 0 Å². The maximum atomic E-state index is 12.6. The number of carbonyl (C=O) groups excluding carboxylic acids is 2. The van der Waals surface area contributed by atoms with Crippen LogP contribution in [0.1, 0.15) is 19.4 Å². The predicted octanol–water partition coefficient (Wildman–Crippen LogP) is 4.46. The van der Waals surface area contributed by atoms with Crippen LogP contribution in [-0.4, -0.2) is 31.0 Å². The lowest BCUT2D eigenvalue weighted by Gasteiger charge is -2.26. The number of amides is 3. The molecule has 0 saturated carbocycles. The molecule has 144 valence electrons.